The Kier molecular flexibility index (Phi) is 7.33. The summed E-state index contributed by atoms with van der Waals surface area (Å²) >= 11 is 12.1. The average molecular weight is 384 g/mol. The molecule has 0 unspecified atom stereocenters. The van der Waals surface area contributed by atoms with Gasteiger partial charge in [0, 0.05) is 5.70 Å². The molecule has 0 spiro atoms. The second-order valence-electron chi connectivity index (χ2n) is 6.09. The molecule has 0 radical (unpaired) electrons. The molecule has 0 fully saturated rings. The highest BCUT2D eigenvalue weighted by Crippen LogP contribution is 2.31. The highest BCUT2D eigenvalue weighted by molar-refractivity contribution is 6.67. The molecule has 4 nitrogen and oxygen atoms in total. The number of ether oxygens (including phenoxy) is 1. The van der Waals surface area contributed by atoms with Crippen molar-refractivity contribution in [2.45, 2.75) is 49.4 Å². The Labute approximate surface area is 158 Å². The van der Waals surface area contributed by atoms with Crippen LogP contribution in [0.25, 0.3) is 0 Å². The van der Waals surface area contributed by atoms with Gasteiger partial charge >= 0.3 is 5.97 Å². The number of hydrogen-bond acceptors (Lipinski definition) is 3. The van der Waals surface area contributed by atoms with Crippen molar-refractivity contribution >= 4 is 35.1 Å². The fraction of sp³-hybridized carbons (Fsp3) is 0.474. The molecule has 0 heterocycles. The van der Waals surface area contributed by atoms with E-state index in [1.54, 1.807) is 0 Å². The van der Waals surface area contributed by atoms with Gasteiger partial charge in [0.1, 0.15) is 0 Å². The van der Waals surface area contributed by atoms with Crippen molar-refractivity contribution in [2.75, 3.05) is 7.11 Å². The van der Waals surface area contributed by atoms with E-state index in [1.165, 1.54) is 11.3 Å². The Morgan fingerprint density at radius 1 is 1.12 bits per heavy atom. The number of carbonyl (C=O) groups excluding carboxylic acids is 2. The number of hydrogen-bond donors (Lipinski definition) is 0. The number of amides is 1. The van der Waals surface area contributed by atoms with E-state index in [0.29, 0.717) is 6.54 Å². The Balaban J connectivity index is 2.33. The zero-order chi connectivity index (χ0) is 18.3. The molecule has 0 saturated carbocycles. The first-order chi connectivity index (χ1) is 12.0. The van der Waals surface area contributed by atoms with Crippen molar-refractivity contribution < 1.29 is 14.3 Å². The van der Waals surface area contributed by atoms with Gasteiger partial charge in [0.15, 0.2) is 0 Å². The summed E-state index contributed by atoms with van der Waals surface area (Å²) in [6.45, 7) is 0.309. The van der Waals surface area contributed by atoms with Crippen molar-refractivity contribution in [3.8, 4) is 0 Å². The van der Waals surface area contributed by atoms with E-state index in [1.807, 2.05) is 30.3 Å². The van der Waals surface area contributed by atoms with Gasteiger partial charge in [0.2, 0.25) is 0 Å². The molecule has 6 heteroatoms. The molecule has 2 rings (SSSR count). The van der Waals surface area contributed by atoms with E-state index in [0.717, 1.165) is 50.5 Å². The lowest BCUT2D eigenvalue weighted by Gasteiger charge is -2.30. The number of esters is 1. The lowest BCUT2D eigenvalue weighted by Crippen LogP contribution is -2.46. The molecule has 0 N–H and O–H groups in total. The van der Waals surface area contributed by atoms with Crippen LogP contribution in [0.4, 0.5) is 0 Å². The average Bonchev–Trinajstić information content (AvgIpc) is 2.59. The molecule has 25 heavy (non-hydrogen) atoms. The van der Waals surface area contributed by atoms with E-state index >= 15 is 0 Å². The third-order valence-corrected chi connectivity index (χ3v) is 4.88. The minimum absolute atomic E-state index is 0.309. The summed E-state index contributed by atoms with van der Waals surface area (Å²) in [5, 5.41) is 0. The van der Waals surface area contributed by atoms with Gasteiger partial charge < -0.3 is 9.64 Å². The number of allylic oxidation sites excluding steroid dienone is 2. The maximum atomic E-state index is 13.0. The van der Waals surface area contributed by atoms with E-state index in [9.17, 15) is 9.59 Å². The molecular formula is C19H23Cl2NO3. The Hall–Kier alpha value is -1.52. The predicted octanol–water partition coefficient (Wildman–Crippen LogP) is 4.60. The molecule has 1 aliphatic carbocycles. The van der Waals surface area contributed by atoms with E-state index in [2.05, 4.69) is 10.8 Å². The molecule has 0 aromatic heterocycles. The molecule has 136 valence electrons. The standard InChI is InChI=1S/C19H23Cl2NO3/c1-25-18(24)19(20,21)17(23)22(14-15-10-6-5-7-11-15)16-12-8-3-2-4-9-13-16/h5-7,10-12H,2-4,8-9,13-14H2,1H3/b16-12+. The summed E-state index contributed by atoms with van der Waals surface area (Å²) in [7, 11) is 1.16. The maximum Gasteiger partial charge on any atom is 0.352 e. The second kappa shape index (κ2) is 9.25. The number of rotatable bonds is 5. The summed E-state index contributed by atoms with van der Waals surface area (Å²) in [6, 6.07) is 9.56. The Bertz CT molecular complexity index is 629. The highest BCUT2D eigenvalue weighted by Gasteiger charge is 2.47. The lowest BCUT2D eigenvalue weighted by atomic mass is 10.0. The van der Waals surface area contributed by atoms with Crippen molar-refractivity contribution in [3.05, 3.63) is 47.7 Å². The number of benzene rings is 1. The van der Waals surface area contributed by atoms with Crippen LogP contribution in [-0.4, -0.2) is 28.2 Å². The molecule has 0 atom stereocenters. The topological polar surface area (TPSA) is 46.6 Å². The second-order valence-corrected chi connectivity index (χ2v) is 7.42. The first-order valence-corrected chi connectivity index (χ1v) is 9.23. The van der Waals surface area contributed by atoms with Crippen LogP contribution >= 0.6 is 23.2 Å². The number of halogens is 2. The van der Waals surface area contributed by atoms with Crippen LogP contribution in [0.1, 0.15) is 44.1 Å². The lowest BCUT2D eigenvalue weighted by molar-refractivity contribution is -0.147. The summed E-state index contributed by atoms with van der Waals surface area (Å²) < 4.78 is 2.34. The molecule has 1 aromatic carbocycles. The highest BCUT2D eigenvalue weighted by atomic mass is 35.5. The van der Waals surface area contributed by atoms with E-state index in [-0.39, 0.29) is 0 Å². The van der Waals surface area contributed by atoms with Crippen LogP contribution < -0.4 is 0 Å². The van der Waals surface area contributed by atoms with Crippen LogP contribution in [0.5, 0.6) is 0 Å². The third-order valence-electron chi connectivity index (χ3n) is 4.25. The van der Waals surface area contributed by atoms with Crippen LogP contribution in [0.15, 0.2) is 42.1 Å². The van der Waals surface area contributed by atoms with Crippen LogP contribution in [0.3, 0.4) is 0 Å². The van der Waals surface area contributed by atoms with Gasteiger partial charge in [0.05, 0.1) is 13.7 Å². The minimum Gasteiger partial charge on any atom is -0.466 e. The quantitative estimate of drug-likeness (QED) is 0.424. The monoisotopic (exact) mass is 383 g/mol. The van der Waals surface area contributed by atoms with Crippen molar-refractivity contribution in [1.82, 2.24) is 4.90 Å². The van der Waals surface area contributed by atoms with Crippen LogP contribution in [0.2, 0.25) is 0 Å². The normalized spacial score (nSPS) is 17.6. The summed E-state index contributed by atoms with van der Waals surface area (Å²) in [5.74, 6) is -1.64. The summed E-state index contributed by atoms with van der Waals surface area (Å²) in [6.07, 6.45) is 8.08. The molecule has 0 bridgehead atoms. The molecular weight excluding hydrogens is 361 g/mol. The van der Waals surface area contributed by atoms with Crippen molar-refractivity contribution in [1.29, 1.82) is 0 Å². The zero-order valence-electron chi connectivity index (χ0n) is 14.3. The molecule has 1 amide bonds. The Morgan fingerprint density at radius 2 is 1.80 bits per heavy atom. The van der Waals surface area contributed by atoms with Gasteiger partial charge in [-0.15, -0.1) is 0 Å². The minimum atomic E-state index is -2.26. The molecule has 1 aliphatic rings. The zero-order valence-corrected chi connectivity index (χ0v) is 15.9. The first kappa shape index (κ1) is 19.8. The van der Waals surface area contributed by atoms with Gasteiger partial charge in [-0.25, -0.2) is 4.79 Å². The fourth-order valence-electron chi connectivity index (χ4n) is 2.87. The number of carbonyl (C=O) groups is 2. The van der Waals surface area contributed by atoms with Crippen LogP contribution in [-0.2, 0) is 20.9 Å². The summed E-state index contributed by atoms with van der Waals surface area (Å²) in [4.78, 5) is 26.4. The van der Waals surface area contributed by atoms with Gasteiger partial charge in [-0.3, -0.25) is 4.79 Å². The Morgan fingerprint density at radius 3 is 2.48 bits per heavy atom. The predicted molar refractivity (Wildman–Crippen MR) is 99.2 cm³/mol. The largest absolute Gasteiger partial charge is 0.466 e. The van der Waals surface area contributed by atoms with E-state index < -0.39 is 16.2 Å². The number of alkyl halides is 2. The van der Waals surface area contributed by atoms with Gasteiger partial charge in [-0.1, -0.05) is 72.5 Å². The summed E-state index contributed by atoms with van der Waals surface area (Å²) in [5.41, 5.74) is 1.80. The SMILES string of the molecule is COC(=O)C(Cl)(Cl)C(=O)N(Cc1ccccc1)/C1=C/CCCCCC1. The molecule has 1 aromatic rings. The van der Waals surface area contributed by atoms with Crippen molar-refractivity contribution in [2.24, 2.45) is 0 Å². The van der Waals surface area contributed by atoms with Gasteiger partial charge in [-0.2, -0.15) is 0 Å². The number of nitrogens with zero attached hydrogens (tertiary/aromatic N) is 1. The smallest absolute Gasteiger partial charge is 0.352 e. The number of methoxy groups -OCH3 is 1. The van der Waals surface area contributed by atoms with Gasteiger partial charge in [0.25, 0.3) is 10.2 Å². The van der Waals surface area contributed by atoms with Crippen molar-refractivity contribution in [3.63, 3.8) is 0 Å². The van der Waals surface area contributed by atoms with E-state index in [4.69, 9.17) is 23.2 Å². The third kappa shape index (κ3) is 5.23. The first-order valence-electron chi connectivity index (χ1n) is 8.48. The fourth-order valence-corrected chi connectivity index (χ4v) is 3.23. The van der Waals surface area contributed by atoms with Crippen LogP contribution in [0, 0.1) is 0 Å². The maximum absolute atomic E-state index is 13.0. The molecule has 0 saturated heterocycles. The molecule has 0 aliphatic heterocycles. The van der Waals surface area contributed by atoms with Gasteiger partial charge in [-0.05, 0) is 31.2 Å².